The summed E-state index contributed by atoms with van der Waals surface area (Å²) in [4.78, 5) is 24.3. The Kier molecular flexibility index (Phi) is 4.71. The number of carbonyl (C=O) groups excluding carboxylic acids is 2. The van der Waals surface area contributed by atoms with Crippen LogP contribution in [-0.2, 0) is 4.79 Å². The number of rotatable bonds is 2. The number of hydrazine groups is 1. The Bertz CT molecular complexity index is 794. The van der Waals surface area contributed by atoms with Gasteiger partial charge >= 0.3 is 0 Å². The van der Waals surface area contributed by atoms with Gasteiger partial charge in [0.1, 0.15) is 6.61 Å². The molecule has 0 bridgehead atoms. The fourth-order valence-corrected chi connectivity index (χ4v) is 2.77. The molecule has 3 rings (SSSR count). The molecule has 1 aliphatic rings. The number of para-hydroxylation sites is 2. The largest absolute Gasteiger partial charge is 0.485 e. The topological polar surface area (TPSA) is 76.7 Å². The molecule has 1 heterocycles. The van der Waals surface area contributed by atoms with E-state index in [0.29, 0.717) is 17.1 Å². The first-order valence-electron chi connectivity index (χ1n) is 7.29. The number of hydrogen-bond acceptors (Lipinski definition) is 4. The standard InChI is InChI=1S/C17H15BrN2O4/c1-10-8-11(18)6-7-12(10)16(21)19-20-17(22)15-9-23-13-4-2-3-5-14(13)24-15/h2-8,15H,9H2,1H3,(H,19,21)(H,20,22). The van der Waals surface area contributed by atoms with E-state index in [4.69, 9.17) is 9.47 Å². The summed E-state index contributed by atoms with van der Waals surface area (Å²) in [6.07, 6.45) is -0.828. The highest BCUT2D eigenvalue weighted by molar-refractivity contribution is 9.10. The van der Waals surface area contributed by atoms with Crippen LogP contribution in [0, 0.1) is 6.92 Å². The number of ether oxygens (including phenoxy) is 2. The zero-order chi connectivity index (χ0) is 17.1. The molecular formula is C17H15BrN2O4. The van der Waals surface area contributed by atoms with E-state index in [2.05, 4.69) is 26.8 Å². The lowest BCUT2D eigenvalue weighted by molar-refractivity contribution is -0.131. The average Bonchev–Trinajstić information content (AvgIpc) is 2.59. The van der Waals surface area contributed by atoms with Gasteiger partial charge in [0, 0.05) is 10.0 Å². The molecule has 0 aliphatic carbocycles. The molecule has 124 valence electrons. The van der Waals surface area contributed by atoms with E-state index in [1.165, 1.54) is 0 Å². The number of hydrogen-bond donors (Lipinski definition) is 2. The quantitative estimate of drug-likeness (QED) is 0.771. The third-order valence-corrected chi connectivity index (χ3v) is 4.03. The molecule has 6 nitrogen and oxygen atoms in total. The lowest BCUT2D eigenvalue weighted by atomic mass is 10.1. The van der Waals surface area contributed by atoms with Crippen molar-refractivity contribution in [1.82, 2.24) is 10.9 Å². The Hall–Kier alpha value is -2.54. The van der Waals surface area contributed by atoms with Crippen LogP contribution in [0.25, 0.3) is 0 Å². The number of carbonyl (C=O) groups is 2. The lowest BCUT2D eigenvalue weighted by Crippen LogP contribution is -2.50. The van der Waals surface area contributed by atoms with Gasteiger partial charge in [-0.15, -0.1) is 0 Å². The van der Waals surface area contributed by atoms with Gasteiger partial charge in [-0.05, 0) is 42.8 Å². The van der Waals surface area contributed by atoms with Crippen LogP contribution >= 0.6 is 15.9 Å². The van der Waals surface area contributed by atoms with E-state index in [-0.39, 0.29) is 6.61 Å². The van der Waals surface area contributed by atoms with E-state index in [0.717, 1.165) is 10.0 Å². The minimum atomic E-state index is -0.828. The number of nitrogens with one attached hydrogen (secondary N) is 2. The Morgan fingerprint density at radius 1 is 1.12 bits per heavy atom. The SMILES string of the molecule is Cc1cc(Br)ccc1C(=O)NNC(=O)C1COc2ccccc2O1. The van der Waals surface area contributed by atoms with E-state index < -0.39 is 17.9 Å². The van der Waals surface area contributed by atoms with Crippen molar-refractivity contribution in [3.05, 3.63) is 58.1 Å². The number of halogens is 1. The Labute approximate surface area is 147 Å². The highest BCUT2D eigenvalue weighted by Crippen LogP contribution is 2.30. The van der Waals surface area contributed by atoms with Crippen LogP contribution in [-0.4, -0.2) is 24.5 Å². The van der Waals surface area contributed by atoms with E-state index in [9.17, 15) is 9.59 Å². The second-order valence-corrected chi connectivity index (χ2v) is 6.18. The minimum absolute atomic E-state index is 0.0794. The zero-order valence-corrected chi connectivity index (χ0v) is 14.4. The van der Waals surface area contributed by atoms with Gasteiger partial charge in [-0.2, -0.15) is 0 Å². The van der Waals surface area contributed by atoms with Crippen LogP contribution in [0.4, 0.5) is 0 Å². The zero-order valence-electron chi connectivity index (χ0n) is 12.8. The maximum Gasteiger partial charge on any atom is 0.283 e. The van der Waals surface area contributed by atoms with Crippen LogP contribution in [0.1, 0.15) is 15.9 Å². The predicted molar refractivity (Wildman–Crippen MR) is 90.8 cm³/mol. The van der Waals surface area contributed by atoms with Gasteiger partial charge in [0.25, 0.3) is 11.8 Å². The maximum absolute atomic E-state index is 12.1. The highest BCUT2D eigenvalue weighted by Gasteiger charge is 2.27. The van der Waals surface area contributed by atoms with Gasteiger partial charge in [0.15, 0.2) is 11.5 Å². The fourth-order valence-electron chi connectivity index (χ4n) is 2.30. The van der Waals surface area contributed by atoms with Crippen molar-refractivity contribution in [1.29, 1.82) is 0 Å². The molecule has 2 amide bonds. The number of aryl methyl sites for hydroxylation is 1. The smallest absolute Gasteiger partial charge is 0.283 e. The van der Waals surface area contributed by atoms with Crippen molar-refractivity contribution in [3.8, 4) is 11.5 Å². The first-order valence-corrected chi connectivity index (χ1v) is 8.09. The van der Waals surface area contributed by atoms with Crippen LogP contribution in [0.15, 0.2) is 46.9 Å². The third kappa shape index (κ3) is 3.51. The first-order chi connectivity index (χ1) is 11.5. The molecule has 0 radical (unpaired) electrons. The molecule has 0 saturated carbocycles. The van der Waals surface area contributed by atoms with Crippen LogP contribution < -0.4 is 20.3 Å². The highest BCUT2D eigenvalue weighted by atomic mass is 79.9. The molecule has 7 heteroatoms. The second-order valence-electron chi connectivity index (χ2n) is 5.27. The van der Waals surface area contributed by atoms with E-state index >= 15 is 0 Å². The third-order valence-electron chi connectivity index (χ3n) is 3.53. The van der Waals surface area contributed by atoms with Gasteiger partial charge in [0.05, 0.1) is 0 Å². The van der Waals surface area contributed by atoms with Crippen molar-refractivity contribution < 1.29 is 19.1 Å². The van der Waals surface area contributed by atoms with Crippen molar-refractivity contribution in [2.75, 3.05) is 6.61 Å². The summed E-state index contributed by atoms with van der Waals surface area (Å²) in [7, 11) is 0. The minimum Gasteiger partial charge on any atom is -0.485 e. The molecule has 1 aliphatic heterocycles. The molecule has 2 aromatic rings. The molecule has 0 fully saturated rings. The summed E-state index contributed by atoms with van der Waals surface area (Å²) >= 11 is 3.34. The normalized spacial score (nSPS) is 15.5. The molecule has 2 N–H and O–H groups in total. The molecule has 0 saturated heterocycles. The van der Waals surface area contributed by atoms with E-state index in [1.54, 1.807) is 30.3 Å². The Morgan fingerprint density at radius 2 is 1.88 bits per heavy atom. The molecule has 24 heavy (non-hydrogen) atoms. The van der Waals surface area contributed by atoms with Crippen molar-refractivity contribution >= 4 is 27.7 Å². The first kappa shape index (κ1) is 16.3. The van der Waals surface area contributed by atoms with Crippen molar-refractivity contribution in [3.63, 3.8) is 0 Å². The summed E-state index contributed by atoms with van der Waals surface area (Å²) < 4.78 is 11.9. The van der Waals surface area contributed by atoms with Gasteiger partial charge < -0.3 is 9.47 Å². The molecule has 1 unspecified atom stereocenters. The van der Waals surface area contributed by atoms with Crippen LogP contribution in [0.3, 0.4) is 0 Å². The van der Waals surface area contributed by atoms with Crippen molar-refractivity contribution in [2.24, 2.45) is 0 Å². The van der Waals surface area contributed by atoms with E-state index in [1.807, 2.05) is 19.1 Å². The number of fused-ring (bicyclic) bond motifs is 1. The fraction of sp³-hybridized carbons (Fsp3) is 0.176. The Morgan fingerprint density at radius 3 is 2.62 bits per heavy atom. The van der Waals surface area contributed by atoms with Gasteiger partial charge in [-0.25, -0.2) is 0 Å². The summed E-state index contributed by atoms with van der Waals surface area (Å²) in [5.41, 5.74) is 6.03. The lowest BCUT2D eigenvalue weighted by Gasteiger charge is -2.25. The maximum atomic E-state index is 12.1. The predicted octanol–water partition coefficient (Wildman–Crippen LogP) is 2.36. The number of amides is 2. The molecule has 0 spiro atoms. The summed E-state index contributed by atoms with van der Waals surface area (Å²) in [6, 6.07) is 12.4. The van der Waals surface area contributed by atoms with Crippen molar-refractivity contribution in [2.45, 2.75) is 13.0 Å². The van der Waals surface area contributed by atoms with Crippen LogP contribution in [0.2, 0.25) is 0 Å². The molecule has 1 atom stereocenters. The van der Waals surface area contributed by atoms with Crippen LogP contribution in [0.5, 0.6) is 11.5 Å². The molecule has 2 aromatic carbocycles. The van der Waals surface area contributed by atoms with Gasteiger partial charge in [-0.1, -0.05) is 28.1 Å². The second kappa shape index (κ2) is 6.92. The van der Waals surface area contributed by atoms with Gasteiger partial charge in [0.2, 0.25) is 6.10 Å². The Balaban J connectivity index is 1.59. The molecular weight excluding hydrogens is 376 g/mol. The summed E-state index contributed by atoms with van der Waals surface area (Å²) in [5, 5.41) is 0. The molecule has 0 aromatic heterocycles. The summed E-state index contributed by atoms with van der Waals surface area (Å²) in [5.74, 6) is 0.216. The summed E-state index contributed by atoms with van der Waals surface area (Å²) in [6.45, 7) is 1.90. The average molecular weight is 391 g/mol. The van der Waals surface area contributed by atoms with Gasteiger partial charge in [-0.3, -0.25) is 20.4 Å². The number of benzene rings is 2. The monoisotopic (exact) mass is 390 g/mol.